The number of hydrazine groups is 1. The van der Waals surface area contributed by atoms with E-state index in [1.807, 2.05) is 60.7 Å². The molecule has 0 unspecified atom stereocenters. The van der Waals surface area contributed by atoms with Crippen LogP contribution in [0, 0.1) is 0 Å². The van der Waals surface area contributed by atoms with Crippen molar-refractivity contribution in [3.63, 3.8) is 0 Å². The molecule has 0 amide bonds. The summed E-state index contributed by atoms with van der Waals surface area (Å²) >= 11 is 0. The van der Waals surface area contributed by atoms with Crippen LogP contribution in [0.5, 0.6) is 0 Å². The molecule has 2 aromatic carbocycles. The zero-order chi connectivity index (χ0) is 13.1. The minimum Gasteiger partial charge on any atom is -0.368 e. The van der Waals surface area contributed by atoms with Crippen molar-refractivity contribution in [1.82, 2.24) is 10.9 Å². The third-order valence-electron chi connectivity index (χ3n) is 2.89. The lowest BCUT2D eigenvalue weighted by atomic mass is 10.1. The van der Waals surface area contributed by atoms with Crippen LogP contribution >= 0.6 is 0 Å². The van der Waals surface area contributed by atoms with Gasteiger partial charge in [-0.15, -0.1) is 0 Å². The number of hydrogen-bond acceptors (Lipinski definition) is 4. The lowest BCUT2D eigenvalue weighted by Gasteiger charge is -2.21. The summed E-state index contributed by atoms with van der Waals surface area (Å²) in [4.78, 5) is 4.41. The van der Waals surface area contributed by atoms with E-state index >= 15 is 0 Å². The first-order valence-electron chi connectivity index (χ1n) is 6.06. The highest BCUT2D eigenvalue weighted by Gasteiger charge is 2.15. The van der Waals surface area contributed by atoms with E-state index in [-0.39, 0.29) is 0 Å². The molecule has 94 valence electrons. The van der Waals surface area contributed by atoms with Crippen LogP contribution in [0.25, 0.3) is 11.4 Å². The molecule has 4 N–H and O–H groups in total. The fourth-order valence-electron chi connectivity index (χ4n) is 2.01. The summed E-state index contributed by atoms with van der Waals surface area (Å²) in [5.41, 5.74) is 15.5. The van der Waals surface area contributed by atoms with Crippen molar-refractivity contribution < 1.29 is 0 Å². The Morgan fingerprint density at radius 2 is 1.32 bits per heavy atom. The van der Waals surface area contributed by atoms with Gasteiger partial charge in [-0.3, -0.25) is 10.9 Å². The Morgan fingerprint density at radius 1 is 0.737 bits per heavy atom. The Labute approximate surface area is 111 Å². The topological polar surface area (TPSA) is 62.4 Å². The Bertz CT molecular complexity index is 630. The van der Waals surface area contributed by atoms with Gasteiger partial charge in [-0.1, -0.05) is 60.7 Å². The van der Waals surface area contributed by atoms with Gasteiger partial charge in [0.25, 0.3) is 0 Å². The lowest BCUT2D eigenvalue weighted by molar-refractivity contribution is 0.818. The van der Waals surface area contributed by atoms with Crippen molar-refractivity contribution >= 4 is 17.4 Å². The molecule has 1 aliphatic rings. The predicted molar refractivity (Wildman–Crippen MR) is 77.6 cm³/mol. The first kappa shape index (κ1) is 11.3. The number of nitrogens with zero attached hydrogens (tertiary/aromatic N) is 1. The van der Waals surface area contributed by atoms with E-state index < -0.39 is 0 Å². The number of nitrogens with one attached hydrogen (secondary N) is 2. The van der Waals surface area contributed by atoms with Gasteiger partial charge < -0.3 is 5.73 Å². The fraction of sp³-hybridized carbons (Fsp3) is 0. The molecule has 0 aromatic heterocycles. The molecule has 0 fully saturated rings. The van der Waals surface area contributed by atoms with Gasteiger partial charge in [0, 0.05) is 11.1 Å². The molecule has 19 heavy (non-hydrogen) atoms. The summed E-state index contributed by atoms with van der Waals surface area (Å²) in [5.74, 6) is 0.360. The Morgan fingerprint density at radius 3 is 1.95 bits per heavy atom. The van der Waals surface area contributed by atoms with E-state index in [1.165, 1.54) is 0 Å². The van der Waals surface area contributed by atoms with Crippen LogP contribution in [-0.4, -0.2) is 5.96 Å². The first-order valence-corrected chi connectivity index (χ1v) is 6.06. The second-order valence-corrected chi connectivity index (χ2v) is 4.20. The van der Waals surface area contributed by atoms with Crippen LogP contribution in [0.15, 0.2) is 65.7 Å². The number of rotatable bonds is 2. The van der Waals surface area contributed by atoms with E-state index in [2.05, 4.69) is 15.8 Å². The fourth-order valence-corrected chi connectivity index (χ4v) is 2.01. The van der Waals surface area contributed by atoms with Crippen molar-refractivity contribution in [3.8, 4) is 0 Å². The summed E-state index contributed by atoms with van der Waals surface area (Å²) in [6.45, 7) is 0. The Balaban J connectivity index is 2.16. The molecule has 0 bridgehead atoms. The van der Waals surface area contributed by atoms with Crippen molar-refractivity contribution in [2.45, 2.75) is 0 Å². The molecule has 2 aromatic rings. The third kappa shape index (κ3) is 2.28. The number of guanidine groups is 1. The monoisotopic (exact) mass is 250 g/mol. The van der Waals surface area contributed by atoms with Crippen LogP contribution in [-0.2, 0) is 0 Å². The van der Waals surface area contributed by atoms with Crippen LogP contribution in [0.1, 0.15) is 11.1 Å². The summed E-state index contributed by atoms with van der Waals surface area (Å²) in [5, 5.41) is 0. The molecule has 0 spiro atoms. The number of nitrogens with two attached hydrogens (primary N) is 1. The molecule has 0 aliphatic carbocycles. The molecule has 0 saturated carbocycles. The minimum atomic E-state index is 0.360. The normalized spacial score (nSPS) is 14.4. The largest absolute Gasteiger partial charge is 0.368 e. The van der Waals surface area contributed by atoms with E-state index in [4.69, 9.17) is 5.73 Å². The molecule has 0 radical (unpaired) electrons. The molecule has 1 aliphatic heterocycles. The highest BCUT2D eigenvalue weighted by atomic mass is 15.4. The minimum absolute atomic E-state index is 0.360. The second kappa shape index (κ2) is 4.86. The summed E-state index contributed by atoms with van der Waals surface area (Å²) in [6.07, 6.45) is 0. The number of hydrogen-bond donors (Lipinski definition) is 3. The SMILES string of the molecule is NC1=NC(c2ccccc2)=C(c2ccccc2)NN1. The van der Waals surface area contributed by atoms with Gasteiger partial charge in [-0.05, 0) is 0 Å². The van der Waals surface area contributed by atoms with Gasteiger partial charge in [0.05, 0.1) is 11.4 Å². The molecule has 4 nitrogen and oxygen atoms in total. The number of benzene rings is 2. The van der Waals surface area contributed by atoms with Crippen molar-refractivity contribution in [2.75, 3.05) is 0 Å². The van der Waals surface area contributed by atoms with Crippen LogP contribution in [0.3, 0.4) is 0 Å². The summed E-state index contributed by atoms with van der Waals surface area (Å²) in [6, 6.07) is 20.0. The molecule has 0 atom stereocenters. The molecular weight excluding hydrogens is 236 g/mol. The quantitative estimate of drug-likeness (QED) is 0.763. The Kier molecular flexibility index (Phi) is 2.90. The second-order valence-electron chi connectivity index (χ2n) is 4.20. The molecule has 3 rings (SSSR count). The number of aliphatic imine (C=N–C) groups is 1. The van der Waals surface area contributed by atoms with Crippen LogP contribution < -0.4 is 16.6 Å². The van der Waals surface area contributed by atoms with E-state index in [0.717, 1.165) is 22.5 Å². The van der Waals surface area contributed by atoms with Gasteiger partial charge in [-0.25, -0.2) is 4.99 Å². The first-order chi connectivity index (χ1) is 9.34. The van der Waals surface area contributed by atoms with E-state index in [0.29, 0.717) is 5.96 Å². The standard InChI is InChI=1S/C15H14N4/c16-15-17-13(11-7-3-1-4-8-11)14(18-19-15)12-9-5-2-6-10-12/h1-10,18H,(H3,16,17,19). The van der Waals surface area contributed by atoms with Crippen LogP contribution in [0.4, 0.5) is 0 Å². The van der Waals surface area contributed by atoms with E-state index in [9.17, 15) is 0 Å². The average molecular weight is 250 g/mol. The Hall–Kier alpha value is -2.75. The predicted octanol–water partition coefficient (Wildman–Crippen LogP) is 1.93. The van der Waals surface area contributed by atoms with Gasteiger partial charge in [0.15, 0.2) is 0 Å². The molecule has 4 heteroatoms. The van der Waals surface area contributed by atoms with E-state index in [1.54, 1.807) is 0 Å². The third-order valence-corrected chi connectivity index (χ3v) is 2.89. The van der Waals surface area contributed by atoms with Crippen molar-refractivity contribution in [2.24, 2.45) is 10.7 Å². The van der Waals surface area contributed by atoms with Gasteiger partial charge >= 0.3 is 0 Å². The van der Waals surface area contributed by atoms with Crippen molar-refractivity contribution in [1.29, 1.82) is 0 Å². The maximum absolute atomic E-state index is 5.74. The molecule has 0 saturated heterocycles. The maximum atomic E-state index is 5.74. The zero-order valence-electron chi connectivity index (χ0n) is 10.3. The maximum Gasteiger partial charge on any atom is 0.212 e. The highest BCUT2D eigenvalue weighted by molar-refractivity contribution is 5.98. The van der Waals surface area contributed by atoms with Gasteiger partial charge in [-0.2, -0.15) is 0 Å². The smallest absolute Gasteiger partial charge is 0.212 e. The molecular formula is C15H14N4. The summed E-state index contributed by atoms with van der Waals surface area (Å²) < 4.78 is 0. The lowest BCUT2D eigenvalue weighted by Crippen LogP contribution is -2.44. The van der Waals surface area contributed by atoms with Crippen molar-refractivity contribution in [3.05, 3.63) is 71.8 Å². The van der Waals surface area contributed by atoms with Gasteiger partial charge in [0.2, 0.25) is 5.96 Å². The highest BCUT2D eigenvalue weighted by Crippen LogP contribution is 2.26. The van der Waals surface area contributed by atoms with Gasteiger partial charge in [0.1, 0.15) is 0 Å². The zero-order valence-corrected chi connectivity index (χ0v) is 10.3. The van der Waals surface area contributed by atoms with Crippen LogP contribution in [0.2, 0.25) is 0 Å². The molecule has 1 heterocycles. The summed E-state index contributed by atoms with van der Waals surface area (Å²) in [7, 11) is 0. The average Bonchev–Trinajstić information content (AvgIpc) is 2.49.